The Hall–Kier alpha value is -2.34. The fourth-order valence-corrected chi connectivity index (χ4v) is 2.62. The number of hydrogen-bond donors (Lipinski definition) is 1. The van der Waals surface area contributed by atoms with E-state index in [-0.39, 0.29) is 5.56 Å². The minimum absolute atomic E-state index is 0.160. The third-order valence-electron chi connectivity index (χ3n) is 3.59. The molecule has 1 aromatic heterocycles. The minimum Gasteiger partial charge on any atom is -0.493 e. The van der Waals surface area contributed by atoms with Crippen LogP contribution in [0.5, 0.6) is 11.5 Å². The summed E-state index contributed by atoms with van der Waals surface area (Å²) in [6, 6.07) is 12.8. The molecule has 3 rings (SSSR count). The molecule has 5 nitrogen and oxygen atoms in total. The Kier molecular flexibility index (Phi) is 5.15. The van der Waals surface area contributed by atoms with Crippen molar-refractivity contribution < 1.29 is 9.47 Å². The first-order valence-electron chi connectivity index (χ1n) is 7.59. The number of ether oxygens (including phenoxy) is 2. The number of alkyl halides is 1. The lowest BCUT2D eigenvalue weighted by Gasteiger charge is -2.12. The van der Waals surface area contributed by atoms with Gasteiger partial charge in [-0.3, -0.25) is 4.79 Å². The van der Waals surface area contributed by atoms with Gasteiger partial charge in [0.25, 0.3) is 5.56 Å². The second kappa shape index (κ2) is 7.49. The maximum Gasteiger partial charge on any atom is 0.259 e. The van der Waals surface area contributed by atoms with E-state index in [1.54, 1.807) is 13.2 Å². The standard InChI is InChI=1S/C18H17BrN2O3/c1-23-16-11-12(7-8-15(16)24-10-4-9-19)17-20-14-6-3-2-5-13(14)18(22)21-17/h2-3,5-8,11H,4,9-10H2,1H3,(H,20,21,22). The first-order chi connectivity index (χ1) is 11.7. The number of para-hydroxylation sites is 1. The van der Waals surface area contributed by atoms with E-state index in [0.717, 1.165) is 17.3 Å². The van der Waals surface area contributed by atoms with Gasteiger partial charge in [0.2, 0.25) is 0 Å². The highest BCUT2D eigenvalue weighted by molar-refractivity contribution is 9.09. The van der Waals surface area contributed by atoms with Gasteiger partial charge >= 0.3 is 0 Å². The predicted octanol–water partition coefficient (Wildman–Crippen LogP) is 3.76. The van der Waals surface area contributed by atoms with Crippen LogP contribution in [-0.2, 0) is 0 Å². The minimum atomic E-state index is -0.160. The van der Waals surface area contributed by atoms with E-state index < -0.39 is 0 Å². The second-order valence-electron chi connectivity index (χ2n) is 5.19. The van der Waals surface area contributed by atoms with Crippen molar-refractivity contribution in [2.24, 2.45) is 0 Å². The summed E-state index contributed by atoms with van der Waals surface area (Å²) in [5, 5.41) is 1.46. The third-order valence-corrected chi connectivity index (χ3v) is 4.15. The van der Waals surface area contributed by atoms with Crippen molar-refractivity contribution in [1.29, 1.82) is 0 Å². The summed E-state index contributed by atoms with van der Waals surface area (Å²) < 4.78 is 11.1. The molecule has 1 heterocycles. The normalized spacial score (nSPS) is 10.8. The third kappa shape index (κ3) is 3.43. The number of rotatable bonds is 6. The molecule has 0 radical (unpaired) electrons. The Balaban J connectivity index is 1.99. The maximum atomic E-state index is 12.2. The molecule has 0 amide bonds. The molecular weight excluding hydrogens is 372 g/mol. The molecule has 0 saturated heterocycles. The van der Waals surface area contributed by atoms with Crippen molar-refractivity contribution in [3.05, 3.63) is 52.8 Å². The molecule has 0 atom stereocenters. The molecule has 24 heavy (non-hydrogen) atoms. The molecule has 0 aliphatic heterocycles. The first-order valence-corrected chi connectivity index (χ1v) is 8.71. The van der Waals surface area contributed by atoms with Crippen LogP contribution in [0.25, 0.3) is 22.3 Å². The number of nitrogens with one attached hydrogen (secondary N) is 1. The summed E-state index contributed by atoms with van der Waals surface area (Å²) in [5.74, 6) is 1.78. The van der Waals surface area contributed by atoms with Gasteiger partial charge in [-0.05, 0) is 36.8 Å². The fraction of sp³-hybridized carbons (Fsp3) is 0.222. The number of methoxy groups -OCH3 is 1. The summed E-state index contributed by atoms with van der Waals surface area (Å²) >= 11 is 3.37. The van der Waals surface area contributed by atoms with Crippen LogP contribution in [0.15, 0.2) is 47.3 Å². The zero-order chi connectivity index (χ0) is 16.9. The Morgan fingerprint density at radius 2 is 2.00 bits per heavy atom. The van der Waals surface area contributed by atoms with Crippen LogP contribution in [0.4, 0.5) is 0 Å². The van der Waals surface area contributed by atoms with Gasteiger partial charge in [0.05, 0.1) is 24.6 Å². The van der Waals surface area contributed by atoms with Gasteiger partial charge in [-0.2, -0.15) is 0 Å². The molecule has 0 bridgehead atoms. The lowest BCUT2D eigenvalue weighted by Crippen LogP contribution is -2.09. The molecule has 0 aliphatic carbocycles. The van der Waals surface area contributed by atoms with E-state index in [4.69, 9.17) is 9.47 Å². The van der Waals surface area contributed by atoms with E-state index in [1.807, 2.05) is 36.4 Å². The number of hydrogen-bond acceptors (Lipinski definition) is 4. The fourth-order valence-electron chi connectivity index (χ4n) is 2.39. The number of benzene rings is 2. The first kappa shape index (κ1) is 16.5. The van der Waals surface area contributed by atoms with Crippen molar-refractivity contribution in [2.45, 2.75) is 6.42 Å². The quantitative estimate of drug-likeness (QED) is 0.515. The van der Waals surface area contributed by atoms with Crippen LogP contribution >= 0.6 is 15.9 Å². The van der Waals surface area contributed by atoms with Gasteiger partial charge in [0.1, 0.15) is 5.82 Å². The molecule has 0 saturated carbocycles. The van der Waals surface area contributed by atoms with Crippen LogP contribution in [-0.4, -0.2) is 29.0 Å². The molecule has 0 fully saturated rings. The number of halogens is 1. The lowest BCUT2D eigenvalue weighted by molar-refractivity contribution is 0.295. The SMILES string of the molecule is COc1cc(-c2nc3ccccc3c(=O)[nH]2)ccc1OCCCBr. The highest BCUT2D eigenvalue weighted by Gasteiger charge is 2.10. The molecular formula is C18H17BrN2O3. The maximum absolute atomic E-state index is 12.2. The summed E-state index contributed by atoms with van der Waals surface area (Å²) in [5.41, 5.74) is 1.27. The molecule has 1 N–H and O–H groups in total. The van der Waals surface area contributed by atoms with Gasteiger partial charge in [0.15, 0.2) is 11.5 Å². The van der Waals surface area contributed by atoms with Gasteiger partial charge < -0.3 is 14.5 Å². The predicted molar refractivity (Wildman–Crippen MR) is 98.3 cm³/mol. The van der Waals surface area contributed by atoms with Crippen LogP contribution in [0.2, 0.25) is 0 Å². The summed E-state index contributed by atoms with van der Waals surface area (Å²) in [4.78, 5) is 19.6. The van der Waals surface area contributed by atoms with Crippen molar-refractivity contribution in [3.8, 4) is 22.9 Å². The van der Waals surface area contributed by atoms with E-state index >= 15 is 0 Å². The Bertz CT molecular complexity index is 908. The summed E-state index contributed by atoms with van der Waals surface area (Å²) in [7, 11) is 1.59. The van der Waals surface area contributed by atoms with Crippen molar-refractivity contribution >= 4 is 26.8 Å². The molecule has 0 unspecified atom stereocenters. The lowest BCUT2D eigenvalue weighted by atomic mass is 10.1. The Morgan fingerprint density at radius 3 is 2.79 bits per heavy atom. The highest BCUT2D eigenvalue weighted by Crippen LogP contribution is 2.31. The van der Waals surface area contributed by atoms with Crippen LogP contribution in [0.3, 0.4) is 0 Å². The van der Waals surface area contributed by atoms with Crippen LogP contribution < -0.4 is 15.0 Å². The van der Waals surface area contributed by atoms with Crippen molar-refractivity contribution in [1.82, 2.24) is 9.97 Å². The van der Waals surface area contributed by atoms with Crippen molar-refractivity contribution in [2.75, 3.05) is 19.0 Å². The molecule has 0 aliphatic rings. The van der Waals surface area contributed by atoms with E-state index in [1.165, 1.54) is 0 Å². The average molecular weight is 389 g/mol. The number of fused-ring (bicyclic) bond motifs is 1. The topological polar surface area (TPSA) is 64.2 Å². The Labute approximate surface area is 147 Å². The monoisotopic (exact) mass is 388 g/mol. The molecule has 0 spiro atoms. The molecule has 2 aromatic carbocycles. The molecule has 3 aromatic rings. The summed E-state index contributed by atoms with van der Waals surface area (Å²) in [6.45, 7) is 0.603. The Morgan fingerprint density at radius 1 is 1.17 bits per heavy atom. The largest absolute Gasteiger partial charge is 0.493 e. The van der Waals surface area contributed by atoms with Crippen molar-refractivity contribution in [3.63, 3.8) is 0 Å². The van der Waals surface area contributed by atoms with Crippen LogP contribution in [0, 0.1) is 0 Å². The van der Waals surface area contributed by atoms with E-state index in [0.29, 0.717) is 34.8 Å². The highest BCUT2D eigenvalue weighted by atomic mass is 79.9. The van der Waals surface area contributed by atoms with E-state index in [9.17, 15) is 4.79 Å². The van der Waals surface area contributed by atoms with Gasteiger partial charge in [0, 0.05) is 10.9 Å². The number of aromatic amines is 1. The van der Waals surface area contributed by atoms with Crippen LogP contribution in [0.1, 0.15) is 6.42 Å². The second-order valence-corrected chi connectivity index (χ2v) is 5.98. The number of nitrogens with zero attached hydrogens (tertiary/aromatic N) is 1. The van der Waals surface area contributed by atoms with Gasteiger partial charge in [-0.25, -0.2) is 4.98 Å². The zero-order valence-electron chi connectivity index (χ0n) is 13.2. The molecule has 6 heteroatoms. The molecule has 124 valence electrons. The summed E-state index contributed by atoms with van der Waals surface area (Å²) in [6.07, 6.45) is 0.907. The number of H-pyrrole nitrogens is 1. The smallest absolute Gasteiger partial charge is 0.259 e. The zero-order valence-corrected chi connectivity index (χ0v) is 14.8. The number of aromatic nitrogens is 2. The van der Waals surface area contributed by atoms with Gasteiger partial charge in [-0.15, -0.1) is 0 Å². The average Bonchev–Trinajstić information content (AvgIpc) is 2.62. The van der Waals surface area contributed by atoms with Gasteiger partial charge in [-0.1, -0.05) is 28.1 Å². The van der Waals surface area contributed by atoms with E-state index in [2.05, 4.69) is 25.9 Å².